The van der Waals surface area contributed by atoms with E-state index in [0.29, 0.717) is 6.42 Å². The molecule has 0 saturated heterocycles. The van der Waals surface area contributed by atoms with E-state index in [2.05, 4.69) is 4.74 Å². The van der Waals surface area contributed by atoms with Gasteiger partial charge in [-0.25, -0.2) is 9.59 Å². The molecule has 19 heavy (non-hydrogen) atoms. The molecule has 0 atom stereocenters. The van der Waals surface area contributed by atoms with Gasteiger partial charge in [-0.1, -0.05) is 6.92 Å². The van der Waals surface area contributed by atoms with Crippen LogP contribution in [0.4, 0.5) is 0 Å². The maximum atomic E-state index is 11.6. The molecule has 6 nitrogen and oxygen atoms in total. The van der Waals surface area contributed by atoms with Crippen LogP contribution in [0, 0.1) is 5.41 Å². The minimum atomic E-state index is -1.40. The normalized spacial score (nSPS) is 11.7. The summed E-state index contributed by atoms with van der Waals surface area (Å²) in [5, 5.41) is 0. The van der Waals surface area contributed by atoms with Crippen LogP contribution >= 0.6 is 0 Å². The second-order valence-corrected chi connectivity index (χ2v) is 5.29. The molecule has 110 valence electrons. The molecule has 0 amide bonds. The monoisotopic (exact) mass is 274 g/mol. The number of methoxy groups -OCH3 is 1. The van der Waals surface area contributed by atoms with Crippen molar-refractivity contribution < 1.29 is 28.6 Å². The molecule has 0 aromatic carbocycles. The largest absolute Gasteiger partial charge is 0.466 e. The van der Waals surface area contributed by atoms with E-state index < -0.39 is 35.5 Å². The molecule has 0 rings (SSSR count). The molecule has 0 heterocycles. The van der Waals surface area contributed by atoms with E-state index in [-0.39, 0.29) is 0 Å². The number of esters is 3. The molecule has 0 aliphatic rings. The third kappa shape index (κ3) is 5.28. The first-order valence-corrected chi connectivity index (χ1v) is 6.04. The average molecular weight is 274 g/mol. The lowest BCUT2D eigenvalue weighted by Crippen LogP contribution is -2.39. The first-order chi connectivity index (χ1) is 8.56. The fourth-order valence-electron chi connectivity index (χ4n) is 1.07. The molecular weight excluding hydrogens is 252 g/mol. The van der Waals surface area contributed by atoms with Gasteiger partial charge in [0.2, 0.25) is 5.60 Å². The van der Waals surface area contributed by atoms with Gasteiger partial charge in [0.1, 0.15) is 0 Å². The number of rotatable bonds is 6. The van der Waals surface area contributed by atoms with Crippen LogP contribution in [0.1, 0.15) is 41.0 Å². The van der Waals surface area contributed by atoms with Crippen molar-refractivity contribution in [3.63, 3.8) is 0 Å². The highest BCUT2D eigenvalue weighted by atomic mass is 16.6. The van der Waals surface area contributed by atoms with Crippen LogP contribution in [0.2, 0.25) is 0 Å². The number of hydrogen-bond acceptors (Lipinski definition) is 6. The fourth-order valence-corrected chi connectivity index (χ4v) is 1.07. The van der Waals surface area contributed by atoms with E-state index in [1.807, 2.05) is 6.92 Å². The molecule has 0 aliphatic carbocycles. The quantitative estimate of drug-likeness (QED) is 0.539. The Balaban J connectivity index is 4.35. The standard InChI is InChI=1S/C13H22O6/c1-7-12(2,3)10(15)18-8-9(14)19-13(4,5)11(16)17-6/h7-8H2,1-6H3. The Morgan fingerprint density at radius 2 is 1.53 bits per heavy atom. The van der Waals surface area contributed by atoms with Crippen molar-refractivity contribution in [3.05, 3.63) is 0 Å². The van der Waals surface area contributed by atoms with Gasteiger partial charge in [0.05, 0.1) is 12.5 Å². The molecule has 0 N–H and O–H groups in total. The summed E-state index contributed by atoms with van der Waals surface area (Å²) in [6.45, 7) is 7.56. The molecule has 0 saturated carbocycles. The van der Waals surface area contributed by atoms with Crippen LogP contribution in [0.15, 0.2) is 0 Å². The van der Waals surface area contributed by atoms with Crippen molar-refractivity contribution in [3.8, 4) is 0 Å². The lowest BCUT2D eigenvalue weighted by atomic mass is 9.91. The molecule has 0 aromatic rings. The van der Waals surface area contributed by atoms with Crippen molar-refractivity contribution in [2.75, 3.05) is 13.7 Å². The Hall–Kier alpha value is -1.59. The summed E-state index contributed by atoms with van der Waals surface area (Å²) >= 11 is 0. The summed E-state index contributed by atoms with van der Waals surface area (Å²) in [5.41, 5.74) is -2.06. The number of carbonyl (C=O) groups excluding carboxylic acids is 3. The van der Waals surface area contributed by atoms with Gasteiger partial charge in [-0.3, -0.25) is 4.79 Å². The molecule has 0 spiro atoms. The zero-order chi connectivity index (χ0) is 15.3. The van der Waals surface area contributed by atoms with Crippen molar-refractivity contribution in [1.82, 2.24) is 0 Å². The zero-order valence-corrected chi connectivity index (χ0v) is 12.4. The van der Waals surface area contributed by atoms with Crippen LogP contribution in [0.3, 0.4) is 0 Å². The fraction of sp³-hybridized carbons (Fsp3) is 0.769. The Morgan fingerprint density at radius 3 is 1.95 bits per heavy atom. The van der Waals surface area contributed by atoms with Gasteiger partial charge in [0.15, 0.2) is 6.61 Å². The zero-order valence-electron chi connectivity index (χ0n) is 12.4. The molecule has 0 unspecified atom stereocenters. The third-order valence-corrected chi connectivity index (χ3v) is 2.80. The van der Waals surface area contributed by atoms with Crippen LogP contribution in [-0.2, 0) is 28.6 Å². The number of ether oxygens (including phenoxy) is 3. The smallest absolute Gasteiger partial charge is 0.349 e. The first-order valence-electron chi connectivity index (χ1n) is 6.04. The van der Waals surface area contributed by atoms with Crippen LogP contribution in [-0.4, -0.2) is 37.2 Å². The SMILES string of the molecule is CCC(C)(C)C(=O)OCC(=O)OC(C)(C)C(=O)OC. The molecule has 0 bridgehead atoms. The van der Waals surface area contributed by atoms with E-state index in [1.54, 1.807) is 13.8 Å². The molecule has 0 aliphatic heterocycles. The second-order valence-electron chi connectivity index (χ2n) is 5.29. The van der Waals surface area contributed by atoms with Crippen LogP contribution < -0.4 is 0 Å². The first kappa shape index (κ1) is 17.4. The van der Waals surface area contributed by atoms with Gasteiger partial charge in [-0.05, 0) is 34.1 Å². The predicted octanol–water partition coefficient (Wildman–Crippen LogP) is 1.46. The molecule has 0 fully saturated rings. The molecule has 0 aromatic heterocycles. The number of carbonyl (C=O) groups is 3. The molecular formula is C13H22O6. The molecule has 0 radical (unpaired) electrons. The average Bonchev–Trinajstić information content (AvgIpc) is 2.33. The predicted molar refractivity (Wildman–Crippen MR) is 67.2 cm³/mol. The van der Waals surface area contributed by atoms with Gasteiger partial charge < -0.3 is 14.2 Å². The second kappa shape index (κ2) is 6.54. The minimum absolute atomic E-state index is 0.483. The lowest BCUT2D eigenvalue weighted by Gasteiger charge is -2.23. The van der Waals surface area contributed by atoms with Crippen molar-refractivity contribution in [2.24, 2.45) is 5.41 Å². The Bertz CT molecular complexity index is 356. The van der Waals surface area contributed by atoms with E-state index >= 15 is 0 Å². The maximum Gasteiger partial charge on any atom is 0.349 e. The van der Waals surface area contributed by atoms with Crippen molar-refractivity contribution in [2.45, 2.75) is 46.6 Å². The summed E-state index contributed by atoms with van der Waals surface area (Å²) in [6, 6.07) is 0. The van der Waals surface area contributed by atoms with Gasteiger partial charge in [0.25, 0.3) is 0 Å². The van der Waals surface area contributed by atoms with E-state index in [4.69, 9.17) is 9.47 Å². The van der Waals surface area contributed by atoms with Gasteiger partial charge in [-0.2, -0.15) is 0 Å². The van der Waals surface area contributed by atoms with Gasteiger partial charge >= 0.3 is 17.9 Å². The Labute approximate surface area is 113 Å². The van der Waals surface area contributed by atoms with E-state index in [1.165, 1.54) is 21.0 Å². The summed E-state index contributed by atoms with van der Waals surface area (Å²) in [6.07, 6.45) is 0.592. The van der Waals surface area contributed by atoms with E-state index in [0.717, 1.165) is 0 Å². The molecule has 6 heteroatoms. The Kier molecular flexibility index (Phi) is 5.99. The van der Waals surface area contributed by atoms with Crippen molar-refractivity contribution >= 4 is 17.9 Å². The van der Waals surface area contributed by atoms with Gasteiger partial charge in [0, 0.05) is 0 Å². The topological polar surface area (TPSA) is 78.9 Å². The minimum Gasteiger partial charge on any atom is -0.466 e. The van der Waals surface area contributed by atoms with Crippen molar-refractivity contribution in [1.29, 1.82) is 0 Å². The summed E-state index contributed by atoms with van der Waals surface area (Å²) in [4.78, 5) is 34.4. The highest BCUT2D eigenvalue weighted by molar-refractivity contribution is 5.84. The highest BCUT2D eigenvalue weighted by Crippen LogP contribution is 2.21. The lowest BCUT2D eigenvalue weighted by molar-refractivity contribution is -0.182. The summed E-state index contributed by atoms with van der Waals surface area (Å²) < 4.78 is 14.2. The van der Waals surface area contributed by atoms with Crippen LogP contribution in [0.25, 0.3) is 0 Å². The Morgan fingerprint density at radius 1 is 1.00 bits per heavy atom. The summed E-state index contributed by atoms with van der Waals surface area (Å²) in [7, 11) is 1.20. The van der Waals surface area contributed by atoms with E-state index in [9.17, 15) is 14.4 Å². The summed E-state index contributed by atoms with van der Waals surface area (Å²) in [5.74, 6) is -1.96. The number of hydrogen-bond donors (Lipinski definition) is 0. The highest BCUT2D eigenvalue weighted by Gasteiger charge is 2.34. The third-order valence-electron chi connectivity index (χ3n) is 2.80. The van der Waals surface area contributed by atoms with Crippen LogP contribution in [0.5, 0.6) is 0 Å². The maximum absolute atomic E-state index is 11.6. The van der Waals surface area contributed by atoms with Gasteiger partial charge in [-0.15, -0.1) is 0 Å².